The first-order chi connectivity index (χ1) is 9.06. The van der Waals surface area contributed by atoms with Crippen molar-refractivity contribution in [3.8, 4) is 16.3 Å². The summed E-state index contributed by atoms with van der Waals surface area (Å²) < 4.78 is 5.26. The maximum absolute atomic E-state index is 11.2. The number of hydrogen-bond donors (Lipinski definition) is 1. The van der Waals surface area contributed by atoms with Gasteiger partial charge >= 0.3 is 5.97 Å². The zero-order chi connectivity index (χ0) is 14.0. The van der Waals surface area contributed by atoms with Gasteiger partial charge in [-0.1, -0.05) is 18.5 Å². The SMILES string of the molecule is CCc1nc(-c2ccc(Cl)cc2OC)sc1C(=O)O. The number of aromatic carboxylic acids is 1. The first kappa shape index (κ1) is 13.8. The summed E-state index contributed by atoms with van der Waals surface area (Å²) in [6, 6.07) is 5.20. The van der Waals surface area contributed by atoms with Gasteiger partial charge in [0.05, 0.1) is 18.4 Å². The number of nitrogens with zero attached hydrogens (tertiary/aromatic N) is 1. The van der Waals surface area contributed by atoms with E-state index in [9.17, 15) is 4.79 Å². The molecule has 0 unspecified atom stereocenters. The molecule has 0 saturated carbocycles. The Hall–Kier alpha value is -1.59. The minimum absolute atomic E-state index is 0.273. The lowest BCUT2D eigenvalue weighted by Crippen LogP contribution is -1.97. The second kappa shape index (κ2) is 5.59. The fraction of sp³-hybridized carbons (Fsp3) is 0.231. The molecule has 0 bridgehead atoms. The molecule has 0 aliphatic heterocycles. The van der Waals surface area contributed by atoms with Crippen molar-refractivity contribution >= 4 is 28.9 Å². The van der Waals surface area contributed by atoms with Gasteiger partial charge in [0.15, 0.2) is 0 Å². The summed E-state index contributed by atoms with van der Waals surface area (Å²) in [7, 11) is 1.54. The summed E-state index contributed by atoms with van der Waals surface area (Å²) in [5.41, 5.74) is 1.34. The Bertz CT molecular complexity index is 624. The van der Waals surface area contributed by atoms with Crippen molar-refractivity contribution in [2.24, 2.45) is 0 Å². The van der Waals surface area contributed by atoms with Crippen LogP contribution in [0.1, 0.15) is 22.3 Å². The topological polar surface area (TPSA) is 59.4 Å². The number of aromatic nitrogens is 1. The largest absolute Gasteiger partial charge is 0.496 e. The van der Waals surface area contributed by atoms with Gasteiger partial charge in [0.2, 0.25) is 0 Å². The molecular formula is C13H12ClNO3S. The van der Waals surface area contributed by atoms with Gasteiger partial charge in [-0.15, -0.1) is 11.3 Å². The predicted molar refractivity (Wildman–Crippen MR) is 75.4 cm³/mol. The van der Waals surface area contributed by atoms with Crippen molar-refractivity contribution in [2.45, 2.75) is 13.3 Å². The summed E-state index contributed by atoms with van der Waals surface area (Å²) in [6.07, 6.45) is 0.577. The van der Waals surface area contributed by atoms with Gasteiger partial charge in [-0.25, -0.2) is 9.78 Å². The third kappa shape index (κ3) is 2.72. The van der Waals surface area contributed by atoms with E-state index < -0.39 is 5.97 Å². The molecule has 2 rings (SSSR count). The molecule has 0 radical (unpaired) electrons. The number of ether oxygens (including phenoxy) is 1. The van der Waals surface area contributed by atoms with Crippen LogP contribution in [0.4, 0.5) is 0 Å². The van der Waals surface area contributed by atoms with E-state index in [0.29, 0.717) is 27.9 Å². The highest BCUT2D eigenvalue weighted by molar-refractivity contribution is 7.17. The van der Waals surface area contributed by atoms with E-state index in [2.05, 4.69) is 4.98 Å². The molecule has 19 heavy (non-hydrogen) atoms. The van der Waals surface area contributed by atoms with Crippen LogP contribution in [0.5, 0.6) is 5.75 Å². The molecule has 0 saturated heterocycles. The minimum atomic E-state index is -0.950. The average Bonchev–Trinajstić information content (AvgIpc) is 2.82. The third-order valence-electron chi connectivity index (χ3n) is 2.62. The molecule has 0 aliphatic rings. The first-order valence-electron chi connectivity index (χ1n) is 5.63. The van der Waals surface area contributed by atoms with Gasteiger partial charge in [0, 0.05) is 5.02 Å². The number of thiazole rings is 1. The van der Waals surface area contributed by atoms with Gasteiger partial charge in [-0.2, -0.15) is 0 Å². The molecule has 1 aromatic carbocycles. The molecule has 0 atom stereocenters. The van der Waals surface area contributed by atoms with Crippen molar-refractivity contribution in [2.75, 3.05) is 7.11 Å². The van der Waals surface area contributed by atoms with Gasteiger partial charge in [0.1, 0.15) is 15.6 Å². The Morgan fingerprint density at radius 2 is 2.26 bits per heavy atom. The van der Waals surface area contributed by atoms with E-state index in [-0.39, 0.29) is 4.88 Å². The van der Waals surface area contributed by atoms with Crippen LogP contribution in [-0.2, 0) is 6.42 Å². The minimum Gasteiger partial charge on any atom is -0.496 e. The molecule has 2 aromatic rings. The number of aryl methyl sites for hydroxylation is 1. The number of benzene rings is 1. The molecular weight excluding hydrogens is 286 g/mol. The van der Waals surface area contributed by atoms with Gasteiger partial charge in [-0.3, -0.25) is 0 Å². The van der Waals surface area contributed by atoms with Crippen LogP contribution in [0.3, 0.4) is 0 Å². The maximum Gasteiger partial charge on any atom is 0.347 e. The Morgan fingerprint density at radius 1 is 1.53 bits per heavy atom. The Labute approximate surface area is 119 Å². The lowest BCUT2D eigenvalue weighted by atomic mass is 10.2. The van der Waals surface area contributed by atoms with Crippen LogP contribution in [-0.4, -0.2) is 23.2 Å². The summed E-state index contributed by atoms with van der Waals surface area (Å²) in [5, 5.41) is 10.3. The van der Waals surface area contributed by atoms with Crippen LogP contribution in [0.15, 0.2) is 18.2 Å². The monoisotopic (exact) mass is 297 g/mol. The maximum atomic E-state index is 11.2. The quantitative estimate of drug-likeness (QED) is 0.934. The molecule has 0 amide bonds. The van der Waals surface area contributed by atoms with Crippen molar-refractivity contribution in [1.29, 1.82) is 0 Å². The van der Waals surface area contributed by atoms with E-state index in [1.54, 1.807) is 25.3 Å². The molecule has 0 aliphatic carbocycles. The molecule has 6 heteroatoms. The number of methoxy groups -OCH3 is 1. The van der Waals surface area contributed by atoms with Crippen molar-refractivity contribution in [1.82, 2.24) is 4.98 Å². The molecule has 0 fully saturated rings. The second-order valence-electron chi connectivity index (χ2n) is 3.80. The summed E-state index contributed by atoms with van der Waals surface area (Å²) in [5.74, 6) is -0.366. The van der Waals surface area contributed by atoms with Crippen molar-refractivity contribution in [3.63, 3.8) is 0 Å². The summed E-state index contributed by atoms with van der Waals surface area (Å²) in [4.78, 5) is 15.8. The number of halogens is 1. The van der Waals surface area contributed by atoms with Gasteiger partial charge in [0.25, 0.3) is 0 Å². The lowest BCUT2D eigenvalue weighted by Gasteiger charge is -2.05. The Morgan fingerprint density at radius 3 is 2.79 bits per heavy atom. The van der Waals surface area contributed by atoms with Gasteiger partial charge < -0.3 is 9.84 Å². The van der Waals surface area contributed by atoms with Crippen molar-refractivity contribution in [3.05, 3.63) is 33.8 Å². The molecule has 1 N–H and O–H groups in total. The van der Waals surface area contributed by atoms with E-state index >= 15 is 0 Å². The fourth-order valence-electron chi connectivity index (χ4n) is 1.72. The Balaban J connectivity index is 2.56. The molecule has 4 nitrogen and oxygen atoms in total. The molecule has 1 aromatic heterocycles. The number of rotatable bonds is 4. The lowest BCUT2D eigenvalue weighted by molar-refractivity contribution is 0.0701. The number of hydrogen-bond acceptors (Lipinski definition) is 4. The standard InChI is InChI=1S/C13H12ClNO3S/c1-3-9-11(13(16)17)19-12(15-9)8-5-4-7(14)6-10(8)18-2/h4-6H,3H2,1-2H3,(H,16,17). The van der Waals surface area contributed by atoms with E-state index in [0.717, 1.165) is 16.9 Å². The first-order valence-corrected chi connectivity index (χ1v) is 6.83. The molecule has 0 spiro atoms. The van der Waals surface area contributed by atoms with Crippen LogP contribution < -0.4 is 4.74 Å². The predicted octanol–water partition coefficient (Wildman–Crippen LogP) is 3.73. The number of carboxylic acids is 1. The zero-order valence-corrected chi connectivity index (χ0v) is 12.0. The fourth-order valence-corrected chi connectivity index (χ4v) is 2.90. The molecule has 100 valence electrons. The summed E-state index contributed by atoms with van der Waals surface area (Å²) >= 11 is 7.05. The molecule has 1 heterocycles. The van der Waals surface area contributed by atoms with Crippen LogP contribution in [0.25, 0.3) is 10.6 Å². The normalized spacial score (nSPS) is 10.5. The van der Waals surface area contributed by atoms with Crippen LogP contribution >= 0.6 is 22.9 Å². The smallest absolute Gasteiger partial charge is 0.347 e. The van der Waals surface area contributed by atoms with Crippen LogP contribution in [0.2, 0.25) is 5.02 Å². The Kier molecular flexibility index (Phi) is 4.07. The van der Waals surface area contributed by atoms with E-state index in [1.807, 2.05) is 6.92 Å². The van der Waals surface area contributed by atoms with E-state index in [1.165, 1.54) is 0 Å². The number of carbonyl (C=O) groups is 1. The van der Waals surface area contributed by atoms with E-state index in [4.69, 9.17) is 21.4 Å². The average molecular weight is 298 g/mol. The van der Waals surface area contributed by atoms with Crippen LogP contribution in [0, 0.1) is 0 Å². The zero-order valence-electron chi connectivity index (χ0n) is 10.4. The highest BCUT2D eigenvalue weighted by atomic mass is 35.5. The van der Waals surface area contributed by atoms with Gasteiger partial charge in [-0.05, 0) is 24.6 Å². The van der Waals surface area contributed by atoms with Crippen molar-refractivity contribution < 1.29 is 14.6 Å². The third-order valence-corrected chi connectivity index (χ3v) is 3.97. The highest BCUT2D eigenvalue weighted by Crippen LogP contribution is 2.36. The number of carboxylic acid groups (broad SMARTS) is 1. The summed E-state index contributed by atoms with van der Waals surface area (Å²) in [6.45, 7) is 1.88. The highest BCUT2D eigenvalue weighted by Gasteiger charge is 2.18. The second-order valence-corrected chi connectivity index (χ2v) is 5.23.